The van der Waals surface area contributed by atoms with Crippen molar-refractivity contribution in [1.29, 1.82) is 0 Å². The van der Waals surface area contributed by atoms with Crippen molar-refractivity contribution in [3.8, 4) is 0 Å². The molecule has 1 amide bonds. The Hall–Kier alpha value is -1.02. The molecular formula is C48H95N2O6P. The molecule has 8 nitrogen and oxygen atoms in total. The number of amides is 1. The molecule has 338 valence electrons. The second-order valence-corrected chi connectivity index (χ2v) is 19.2. The molecule has 0 bridgehead atoms. The maximum atomic E-state index is 12.9. The summed E-state index contributed by atoms with van der Waals surface area (Å²) in [5, 5.41) is 13.8. The number of carbonyl (C=O) groups is 1. The minimum atomic E-state index is -4.58. The maximum absolute atomic E-state index is 12.9. The standard InChI is InChI=1S/C48H95N2O6P/c1-6-8-10-12-14-16-18-20-21-22-23-24-25-26-27-28-29-30-32-34-36-38-40-42-48(52)49-46(45-56-57(53,54)55-44-43-50(3,4)5)47(51)41-39-37-35-33-31-19-17-15-13-11-9-7-2/h20-21,39,41,46-47,51H,6-19,22-38,40,42-45H2,1-5H3,(H-,49,52,53,54)/b21-20-,41-39+/t46-,47+/m0/s1. The Morgan fingerprint density at radius 2 is 0.965 bits per heavy atom. The van der Waals surface area contributed by atoms with Gasteiger partial charge in [-0.05, 0) is 44.9 Å². The highest BCUT2D eigenvalue weighted by atomic mass is 31.2. The van der Waals surface area contributed by atoms with Gasteiger partial charge in [0.2, 0.25) is 5.91 Å². The number of nitrogens with one attached hydrogen (secondary N) is 1. The van der Waals surface area contributed by atoms with Gasteiger partial charge in [-0.2, -0.15) is 0 Å². The van der Waals surface area contributed by atoms with Gasteiger partial charge in [-0.15, -0.1) is 0 Å². The number of nitrogens with zero attached hydrogens (tertiary/aromatic N) is 1. The van der Waals surface area contributed by atoms with Crippen molar-refractivity contribution < 1.29 is 32.9 Å². The molecule has 0 radical (unpaired) electrons. The average molecular weight is 827 g/mol. The van der Waals surface area contributed by atoms with Crippen LogP contribution in [0.1, 0.15) is 226 Å². The predicted molar refractivity (Wildman–Crippen MR) is 242 cm³/mol. The van der Waals surface area contributed by atoms with Gasteiger partial charge in [0.1, 0.15) is 13.2 Å². The number of allylic oxidation sites excluding steroid dienone is 3. The number of aliphatic hydroxyl groups is 1. The Labute approximate surface area is 354 Å². The van der Waals surface area contributed by atoms with Crippen LogP contribution in [0, 0.1) is 0 Å². The summed E-state index contributed by atoms with van der Waals surface area (Å²) in [6.07, 6.45) is 48.0. The topological polar surface area (TPSA) is 108 Å². The first-order valence-corrected chi connectivity index (χ1v) is 25.7. The van der Waals surface area contributed by atoms with Gasteiger partial charge in [-0.3, -0.25) is 9.36 Å². The van der Waals surface area contributed by atoms with E-state index in [2.05, 4.69) is 31.3 Å². The van der Waals surface area contributed by atoms with Crippen molar-refractivity contribution in [3.63, 3.8) is 0 Å². The Morgan fingerprint density at radius 3 is 1.37 bits per heavy atom. The van der Waals surface area contributed by atoms with Crippen LogP contribution in [0.3, 0.4) is 0 Å². The van der Waals surface area contributed by atoms with Gasteiger partial charge in [-0.1, -0.05) is 199 Å². The van der Waals surface area contributed by atoms with E-state index >= 15 is 0 Å². The molecule has 0 aromatic carbocycles. The molecule has 0 aliphatic carbocycles. The summed E-state index contributed by atoms with van der Waals surface area (Å²) in [5.74, 6) is -0.197. The molecule has 0 fully saturated rings. The summed E-state index contributed by atoms with van der Waals surface area (Å²) in [6, 6.07) is -0.882. The lowest BCUT2D eigenvalue weighted by atomic mass is 10.0. The van der Waals surface area contributed by atoms with E-state index in [1.54, 1.807) is 6.08 Å². The maximum Gasteiger partial charge on any atom is 0.268 e. The highest BCUT2D eigenvalue weighted by Gasteiger charge is 2.23. The minimum Gasteiger partial charge on any atom is -0.756 e. The van der Waals surface area contributed by atoms with E-state index in [9.17, 15) is 19.4 Å². The van der Waals surface area contributed by atoms with Crippen molar-refractivity contribution >= 4 is 13.7 Å². The molecule has 3 atom stereocenters. The molecule has 0 aromatic rings. The van der Waals surface area contributed by atoms with Crippen LogP contribution in [-0.2, 0) is 18.4 Å². The SMILES string of the molecule is CCCCCCCC/C=C\CCCCCCCCCCCCCCCC(=O)N[C@@H](COP(=O)([O-])OCC[N+](C)(C)C)[C@H](O)/C=C/CCCCCCCCCCCC. The minimum absolute atomic E-state index is 0.000469. The molecule has 0 spiro atoms. The number of hydrogen-bond donors (Lipinski definition) is 2. The second kappa shape index (κ2) is 40.4. The van der Waals surface area contributed by atoms with E-state index in [0.717, 1.165) is 38.5 Å². The van der Waals surface area contributed by atoms with Crippen LogP contribution in [0.15, 0.2) is 24.3 Å². The lowest BCUT2D eigenvalue weighted by Gasteiger charge is -2.29. The average Bonchev–Trinajstić information content (AvgIpc) is 3.16. The van der Waals surface area contributed by atoms with Crippen LogP contribution in [0.4, 0.5) is 0 Å². The molecular weight excluding hydrogens is 732 g/mol. The Bertz CT molecular complexity index is 984. The molecule has 0 aliphatic heterocycles. The van der Waals surface area contributed by atoms with Crippen LogP contribution in [0.5, 0.6) is 0 Å². The normalized spacial score (nSPS) is 14.4. The lowest BCUT2D eigenvalue weighted by Crippen LogP contribution is -2.45. The van der Waals surface area contributed by atoms with Crippen molar-refractivity contribution in [2.75, 3.05) is 40.9 Å². The first-order valence-electron chi connectivity index (χ1n) is 24.2. The van der Waals surface area contributed by atoms with Crippen molar-refractivity contribution in [2.24, 2.45) is 0 Å². The zero-order chi connectivity index (χ0) is 42.1. The Balaban J connectivity index is 4.23. The van der Waals surface area contributed by atoms with Gasteiger partial charge >= 0.3 is 0 Å². The van der Waals surface area contributed by atoms with Crippen LogP contribution in [0.25, 0.3) is 0 Å². The molecule has 57 heavy (non-hydrogen) atoms. The Kier molecular flexibility index (Phi) is 39.7. The smallest absolute Gasteiger partial charge is 0.268 e. The van der Waals surface area contributed by atoms with Gasteiger partial charge < -0.3 is 28.8 Å². The number of quaternary nitrogens is 1. The number of aliphatic hydroxyl groups excluding tert-OH is 1. The fourth-order valence-corrected chi connectivity index (χ4v) is 7.75. The number of hydrogen-bond acceptors (Lipinski definition) is 6. The third-order valence-corrected chi connectivity index (χ3v) is 11.9. The van der Waals surface area contributed by atoms with Crippen LogP contribution >= 0.6 is 7.82 Å². The number of likely N-dealkylation sites (N-methyl/N-ethyl adjacent to an activating group) is 1. The third-order valence-electron chi connectivity index (χ3n) is 10.9. The summed E-state index contributed by atoms with van der Waals surface area (Å²) < 4.78 is 23.2. The van der Waals surface area contributed by atoms with Crippen LogP contribution < -0.4 is 10.2 Å². The van der Waals surface area contributed by atoms with Gasteiger partial charge in [0.15, 0.2) is 0 Å². The number of carbonyl (C=O) groups excluding carboxylic acids is 1. The molecule has 0 saturated carbocycles. The van der Waals surface area contributed by atoms with E-state index in [-0.39, 0.29) is 19.1 Å². The van der Waals surface area contributed by atoms with Crippen molar-refractivity contribution in [1.82, 2.24) is 5.32 Å². The fraction of sp³-hybridized carbons (Fsp3) is 0.896. The zero-order valence-electron chi connectivity index (χ0n) is 38.3. The van der Waals surface area contributed by atoms with Gasteiger partial charge in [0.25, 0.3) is 7.82 Å². The molecule has 0 saturated heterocycles. The van der Waals surface area contributed by atoms with Gasteiger partial charge in [0, 0.05) is 6.42 Å². The molecule has 0 rings (SSSR count). The Morgan fingerprint density at radius 1 is 0.596 bits per heavy atom. The molecule has 0 heterocycles. The van der Waals surface area contributed by atoms with Crippen LogP contribution in [-0.4, -0.2) is 68.5 Å². The van der Waals surface area contributed by atoms with Crippen molar-refractivity contribution in [3.05, 3.63) is 24.3 Å². The van der Waals surface area contributed by atoms with Gasteiger partial charge in [0.05, 0.1) is 39.9 Å². The predicted octanol–water partition coefficient (Wildman–Crippen LogP) is 13.1. The number of unbranched alkanes of at least 4 members (excludes halogenated alkanes) is 29. The molecule has 0 aliphatic rings. The van der Waals surface area contributed by atoms with E-state index in [1.807, 2.05) is 27.2 Å². The van der Waals surface area contributed by atoms with E-state index in [0.29, 0.717) is 17.4 Å². The van der Waals surface area contributed by atoms with Gasteiger partial charge in [-0.25, -0.2) is 0 Å². The lowest BCUT2D eigenvalue weighted by molar-refractivity contribution is -0.870. The summed E-state index contributed by atoms with van der Waals surface area (Å²) in [4.78, 5) is 25.3. The number of rotatable bonds is 44. The highest BCUT2D eigenvalue weighted by Crippen LogP contribution is 2.38. The summed E-state index contributed by atoms with van der Waals surface area (Å²) in [5.41, 5.74) is 0. The number of phosphoric acid groups is 1. The molecule has 9 heteroatoms. The fourth-order valence-electron chi connectivity index (χ4n) is 7.03. The van der Waals surface area contributed by atoms with Crippen molar-refractivity contribution in [2.45, 2.75) is 238 Å². The number of phosphoric ester groups is 1. The first kappa shape index (κ1) is 56.0. The summed E-state index contributed by atoms with van der Waals surface area (Å²) in [7, 11) is 1.27. The first-order chi connectivity index (χ1) is 27.5. The second-order valence-electron chi connectivity index (χ2n) is 17.8. The monoisotopic (exact) mass is 827 g/mol. The zero-order valence-corrected chi connectivity index (χ0v) is 39.2. The quantitative estimate of drug-likeness (QED) is 0.0274. The summed E-state index contributed by atoms with van der Waals surface area (Å²) in [6.45, 7) is 4.64. The highest BCUT2D eigenvalue weighted by molar-refractivity contribution is 7.45. The molecule has 0 aromatic heterocycles. The third kappa shape index (κ3) is 42.9. The summed E-state index contributed by atoms with van der Waals surface area (Å²) >= 11 is 0. The molecule has 1 unspecified atom stereocenters. The van der Waals surface area contributed by atoms with E-state index < -0.39 is 20.0 Å². The largest absolute Gasteiger partial charge is 0.756 e. The van der Waals surface area contributed by atoms with E-state index in [4.69, 9.17) is 9.05 Å². The van der Waals surface area contributed by atoms with E-state index in [1.165, 1.54) is 167 Å². The molecule has 2 N–H and O–H groups in total. The van der Waals surface area contributed by atoms with Crippen LogP contribution in [0.2, 0.25) is 0 Å².